The zero-order valence-corrected chi connectivity index (χ0v) is 5.98. The number of hydrogen-bond donors (Lipinski definition) is 1. The van der Waals surface area contributed by atoms with E-state index in [-0.39, 0.29) is 10.5 Å². The standard InChI is InChI=1S/C8H10N2O2/c1-10(2)7-5-6(8(11)12)3-4-9-7/h3-5H,1-2H3,(H,11,12)/i1D3,2D3. The van der Waals surface area contributed by atoms with Crippen molar-refractivity contribution in [3.8, 4) is 0 Å². The maximum Gasteiger partial charge on any atom is 0.335 e. The Balaban J connectivity index is 3.31. The van der Waals surface area contributed by atoms with Crippen LogP contribution in [0.1, 0.15) is 18.6 Å². The van der Waals surface area contributed by atoms with E-state index in [0.717, 1.165) is 18.3 Å². The second kappa shape index (κ2) is 3.21. The number of aromatic carboxylic acids is 1. The first-order valence-electron chi connectivity index (χ1n) is 6.03. The highest BCUT2D eigenvalue weighted by Crippen LogP contribution is 2.08. The van der Waals surface area contributed by atoms with Gasteiger partial charge in [0, 0.05) is 28.4 Å². The van der Waals surface area contributed by atoms with Gasteiger partial charge in [0.2, 0.25) is 0 Å². The van der Waals surface area contributed by atoms with Crippen molar-refractivity contribution in [1.29, 1.82) is 0 Å². The smallest absolute Gasteiger partial charge is 0.335 e. The van der Waals surface area contributed by atoms with Crippen molar-refractivity contribution in [2.45, 2.75) is 0 Å². The molecule has 12 heavy (non-hydrogen) atoms. The number of carboxylic acid groups (broad SMARTS) is 1. The van der Waals surface area contributed by atoms with Crippen LogP contribution in [0.4, 0.5) is 5.82 Å². The van der Waals surface area contributed by atoms with Crippen LogP contribution in [0, 0.1) is 0 Å². The number of carboxylic acids is 1. The first kappa shape index (κ1) is 3.43. The Morgan fingerprint density at radius 2 is 2.50 bits per heavy atom. The quantitative estimate of drug-likeness (QED) is 0.718. The molecular weight excluding hydrogens is 156 g/mol. The van der Waals surface area contributed by atoms with Crippen molar-refractivity contribution in [3.63, 3.8) is 0 Å². The van der Waals surface area contributed by atoms with Crippen molar-refractivity contribution >= 4 is 11.8 Å². The van der Waals surface area contributed by atoms with Crippen molar-refractivity contribution in [1.82, 2.24) is 4.98 Å². The van der Waals surface area contributed by atoms with E-state index in [2.05, 4.69) is 4.98 Å². The summed E-state index contributed by atoms with van der Waals surface area (Å²) < 4.78 is 43.0. The highest BCUT2D eigenvalue weighted by atomic mass is 16.4. The number of rotatable bonds is 2. The number of nitrogens with zero attached hydrogens (tertiary/aromatic N) is 2. The maximum atomic E-state index is 10.7. The molecule has 4 nitrogen and oxygen atoms in total. The second-order valence-corrected chi connectivity index (χ2v) is 2.04. The zero-order chi connectivity index (χ0) is 14.1. The minimum absolute atomic E-state index is 0.131. The molecule has 0 aliphatic carbocycles. The van der Waals surface area contributed by atoms with Gasteiger partial charge >= 0.3 is 5.97 Å². The average Bonchev–Trinajstić information content (AvgIpc) is 2.13. The first-order chi connectivity index (χ1) is 8.03. The highest BCUT2D eigenvalue weighted by Gasteiger charge is 2.04. The van der Waals surface area contributed by atoms with Crippen LogP contribution in [-0.4, -0.2) is 30.0 Å². The van der Waals surface area contributed by atoms with Crippen LogP contribution >= 0.6 is 0 Å². The van der Waals surface area contributed by atoms with E-state index in [1.54, 1.807) is 0 Å². The molecule has 1 N–H and O–H groups in total. The molecule has 0 fully saturated rings. The summed E-state index contributed by atoms with van der Waals surface area (Å²) in [5, 5.41) is 8.77. The molecular formula is C8H10N2O2. The van der Waals surface area contributed by atoms with E-state index in [9.17, 15) is 4.79 Å². The topological polar surface area (TPSA) is 53.4 Å². The molecule has 0 aliphatic rings. The van der Waals surface area contributed by atoms with Gasteiger partial charge in [0.1, 0.15) is 5.82 Å². The fraction of sp³-hybridized carbons (Fsp3) is 0.250. The van der Waals surface area contributed by atoms with Gasteiger partial charge in [0.25, 0.3) is 0 Å². The summed E-state index contributed by atoms with van der Waals surface area (Å²) in [6.07, 6.45) is 1.04. The largest absolute Gasteiger partial charge is 0.478 e. The van der Waals surface area contributed by atoms with Crippen molar-refractivity contribution < 1.29 is 18.1 Å². The van der Waals surface area contributed by atoms with Gasteiger partial charge in [-0.05, 0) is 12.1 Å². The molecule has 0 amide bonds. The predicted octanol–water partition coefficient (Wildman–Crippen LogP) is 0.846. The second-order valence-electron chi connectivity index (χ2n) is 2.04. The Labute approximate surface area is 78.9 Å². The molecule has 0 aliphatic heterocycles. The lowest BCUT2D eigenvalue weighted by Gasteiger charge is -2.10. The predicted molar refractivity (Wildman–Crippen MR) is 45.5 cm³/mol. The number of carbonyl (C=O) groups is 1. The van der Waals surface area contributed by atoms with E-state index < -0.39 is 25.7 Å². The van der Waals surface area contributed by atoms with Crippen molar-refractivity contribution in [2.24, 2.45) is 0 Å². The minimum atomic E-state index is -2.95. The molecule has 0 atom stereocenters. The van der Waals surface area contributed by atoms with E-state index in [4.69, 9.17) is 13.3 Å². The van der Waals surface area contributed by atoms with E-state index >= 15 is 0 Å². The lowest BCUT2D eigenvalue weighted by atomic mass is 10.2. The van der Waals surface area contributed by atoms with E-state index in [1.165, 1.54) is 0 Å². The summed E-state index contributed by atoms with van der Waals surface area (Å²) in [5.41, 5.74) is -0.237. The normalized spacial score (nSPS) is 19.0. The van der Waals surface area contributed by atoms with Crippen LogP contribution in [0.3, 0.4) is 0 Å². The lowest BCUT2D eigenvalue weighted by Crippen LogP contribution is -2.11. The molecule has 0 bridgehead atoms. The molecule has 0 saturated heterocycles. The number of pyridine rings is 1. The fourth-order valence-corrected chi connectivity index (χ4v) is 0.674. The van der Waals surface area contributed by atoms with Gasteiger partial charge in [-0.2, -0.15) is 0 Å². The van der Waals surface area contributed by atoms with Gasteiger partial charge in [0.15, 0.2) is 0 Å². The molecule has 0 radical (unpaired) electrons. The molecule has 0 unspecified atom stereocenters. The van der Waals surface area contributed by atoms with Crippen LogP contribution in [-0.2, 0) is 0 Å². The monoisotopic (exact) mass is 172 g/mol. The number of anilines is 1. The van der Waals surface area contributed by atoms with Gasteiger partial charge in [-0.3, -0.25) is 0 Å². The Hall–Kier alpha value is -1.58. The van der Waals surface area contributed by atoms with Gasteiger partial charge < -0.3 is 10.0 Å². The molecule has 64 valence electrons. The zero-order valence-electron chi connectivity index (χ0n) is 12.0. The Morgan fingerprint density at radius 3 is 3.08 bits per heavy atom. The highest BCUT2D eigenvalue weighted by molar-refractivity contribution is 5.88. The Bertz CT molecular complexity index is 442. The minimum Gasteiger partial charge on any atom is -0.478 e. The molecule has 0 aromatic carbocycles. The average molecular weight is 172 g/mol. The molecule has 1 heterocycles. The fourth-order valence-electron chi connectivity index (χ4n) is 0.674. The summed E-state index contributed by atoms with van der Waals surface area (Å²) in [4.78, 5) is 14.5. The number of hydrogen-bond acceptors (Lipinski definition) is 3. The van der Waals surface area contributed by atoms with E-state index in [0.29, 0.717) is 0 Å². The summed E-state index contributed by atoms with van der Waals surface area (Å²) in [5.74, 6) is -1.73. The molecule has 4 heteroatoms. The summed E-state index contributed by atoms with van der Waals surface area (Å²) in [6, 6.07) is 2.05. The van der Waals surface area contributed by atoms with Crippen molar-refractivity contribution in [3.05, 3.63) is 23.9 Å². The Kier molecular flexibility index (Phi) is 0.918. The molecule has 0 saturated carbocycles. The SMILES string of the molecule is [2H]C([2H])([2H])N(c1cc(C(=O)O)ccn1)C([2H])([2H])[2H]. The number of aromatic nitrogens is 1. The van der Waals surface area contributed by atoms with Crippen LogP contribution in [0.2, 0.25) is 0 Å². The van der Waals surface area contributed by atoms with E-state index in [1.807, 2.05) is 0 Å². The van der Waals surface area contributed by atoms with Crippen molar-refractivity contribution in [2.75, 3.05) is 18.9 Å². The maximum absolute atomic E-state index is 10.7. The summed E-state index contributed by atoms with van der Waals surface area (Å²) in [7, 11) is 0. The third-order valence-electron chi connectivity index (χ3n) is 1.22. The summed E-state index contributed by atoms with van der Waals surface area (Å²) >= 11 is 0. The molecule has 0 spiro atoms. The Morgan fingerprint density at radius 1 is 1.75 bits per heavy atom. The summed E-state index contributed by atoms with van der Waals surface area (Å²) in [6.45, 7) is -5.90. The first-order valence-corrected chi connectivity index (χ1v) is 3.03. The van der Waals surface area contributed by atoms with Gasteiger partial charge in [-0.1, -0.05) is 0 Å². The lowest BCUT2D eigenvalue weighted by molar-refractivity contribution is 0.0697. The van der Waals surface area contributed by atoms with Crippen LogP contribution < -0.4 is 4.90 Å². The molecule has 1 rings (SSSR count). The third kappa shape index (κ3) is 1.72. The van der Waals surface area contributed by atoms with Crippen LogP contribution in [0.15, 0.2) is 18.3 Å². The van der Waals surface area contributed by atoms with Gasteiger partial charge in [-0.25, -0.2) is 9.78 Å². The molecule has 1 aromatic heterocycles. The van der Waals surface area contributed by atoms with Crippen LogP contribution in [0.25, 0.3) is 0 Å². The molecule has 1 aromatic rings. The van der Waals surface area contributed by atoms with Crippen LogP contribution in [0.5, 0.6) is 0 Å². The van der Waals surface area contributed by atoms with Gasteiger partial charge in [0.05, 0.1) is 5.56 Å². The third-order valence-corrected chi connectivity index (χ3v) is 1.22. The van der Waals surface area contributed by atoms with Gasteiger partial charge in [-0.15, -0.1) is 0 Å².